The third kappa shape index (κ3) is 2.86. The van der Waals surface area contributed by atoms with Crippen LogP contribution in [-0.2, 0) is 0 Å². The van der Waals surface area contributed by atoms with Crippen molar-refractivity contribution in [2.24, 2.45) is 0 Å². The molecule has 5 nitrogen and oxygen atoms in total. The quantitative estimate of drug-likeness (QED) is 0.857. The van der Waals surface area contributed by atoms with Crippen molar-refractivity contribution in [3.63, 3.8) is 0 Å². The number of carboxylic acids is 1. The first kappa shape index (κ1) is 15.3. The smallest absolute Gasteiger partial charge is 0.410 e. The van der Waals surface area contributed by atoms with E-state index in [1.807, 2.05) is 0 Å². The highest BCUT2D eigenvalue weighted by Gasteiger charge is 2.46. The molecule has 2 aromatic rings. The van der Waals surface area contributed by atoms with Crippen LogP contribution in [0.3, 0.4) is 0 Å². The zero-order chi connectivity index (χ0) is 16.8. The number of rotatable bonds is 2. The number of carboxylic acid groups (broad SMARTS) is 1. The Morgan fingerprint density at radius 2 is 1.96 bits per heavy atom. The molecule has 0 bridgehead atoms. The summed E-state index contributed by atoms with van der Waals surface area (Å²) in [5, 5.41) is 17.1. The molecule has 1 aromatic heterocycles. The fourth-order valence-corrected chi connectivity index (χ4v) is 2.59. The van der Waals surface area contributed by atoms with Gasteiger partial charge in [-0.2, -0.15) is 18.3 Å². The van der Waals surface area contributed by atoms with Gasteiger partial charge in [0.25, 0.3) is 0 Å². The summed E-state index contributed by atoms with van der Waals surface area (Å²) in [5.74, 6) is -2.23. The number of hydrogen-bond donors (Lipinski definition) is 1. The molecule has 23 heavy (non-hydrogen) atoms. The Kier molecular flexibility index (Phi) is 3.50. The first-order chi connectivity index (χ1) is 10.8. The number of carbonyl (C=O) groups excluding carboxylic acids is 1. The summed E-state index contributed by atoms with van der Waals surface area (Å²) in [7, 11) is 0. The van der Waals surface area contributed by atoms with Crippen molar-refractivity contribution in [3.05, 3.63) is 47.4 Å². The second kappa shape index (κ2) is 5.25. The molecular weight excluding hydrogens is 318 g/mol. The number of alkyl halides is 3. The number of halogens is 4. The van der Waals surface area contributed by atoms with Crippen LogP contribution in [0.15, 0.2) is 30.3 Å². The lowest BCUT2D eigenvalue weighted by atomic mass is 9.97. The highest BCUT2D eigenvalue weighted by molar-refractivity contribution is 5.84. The minimum absolute atomic E-state index is 0.0768. The zero-order valence-electron chi connectivity index (χ0n) is 11.5. The maximum atomic E-state index is 13.3. The molecule has 0 radical (unpaired) electrons. The minimum Gasteiger partial charge on any atom is -0.543 e. The Morgan fingerprint density at radius 1 is 1.30 bits per heavy atom. The average Bonchev–Trinajstić information content (AvgIpc) is 2.90. The Morgan fingerprint density at radius 3 is 2.52 bits per heavy atom. The molecule has 0 aliphatic carbocycles. The number of benzene rings is 1. The second-order valence-corrected chi connectivity index (χ2v) is 5.19. The first-order valence-electron chi connectivity index (χ1n) is 6.65. The van der Waals surface area contributed by atoms with E-state index >= 15 is 0 Å². The van der Waals surface area contributed by atoms with Crippen LogP contribution < -0.4 is 10.4 Å². The third-order valence-electron chi connectivity index (χ3n) is 3.67. The van der Waals surface area contributed by atoms with Crippen LogP contribution in [0, 0.1) is 5.82 Å². The van der Waals surface area contributed by atoms with Gasteiger partial charge < -0.3 is 15.2 Å². The third-order valence-corrected chi connectivity index (χ3v) is 3.67. The summed E-state index contributed by atoms with van der Waals surface area (Å²) in [6.07, 6.45) is -5.00. The van der Waals surface area contributed by atoms with Gasteiger partial charge in [0.2, 0.25) is 0 Å². The van der Waals surface area contributed by atoms with Crippen LogP contribution in [0.5, 0.6) is 0 Å². The van der Waals surface area contributed by atoms with Crippen molar-refractivity contribution in [3.8, 4) is 0 Å². The van der Waals surface area contributed by atoms with E-state index in [0.717, 1.165) is 18.2 Å². The highest BCUT2D eigenvalue weighted by atomic mass is 19.4. The molecule has 0 amide bonds. The molecule has 0 fully saturated rings. The summed E-state index contributed by atoms with van der Waals surface area (Å²) in [6.45, 7) is 0. The van der Waals surface area contributed by atoms with Gasteiger partial charge in [-0.1, -0.05) is 12.1 Å². The lowest BCUT2D eigenvalue weighted by Gasteiger charge is -2.33. The number of aromatic nitrogens is 2. The molecule has 2 heterocycles. The van der Waals surface area contributed by atoms with Crippen molar-refractivity contribution in [1.82, 2.24) is 9.78 Å². The van der Waals surface area contributed by atoms with E-state index < -0.39 is 42.2 Å². The normalized spacial score (nSPS) is 20.7. The molecule has 1 aromatic carbocycles. The number of aromatic carboxylic acids is 1. The van der Waals surface area contributed by atoms with Gasteiger partial charge in [0, 0.05) is 12.5 Å². The average molecular weight is 328 g/mol. The predicted molar refractivity (Wildman–Crippen MR) is 69.0 cm³/mol. The highest BCUT2D eigenvalue weighted by Crippen LogP contribution is 2.43. The van der Waals surface area contributed by atoms with Crippen LogP contribution in [-0.4, -0.2) is 21.9 Å². The van der Waals surface area contributed by atoms with Crippen LogP contribution in [0.25, 0.3) is 0 Å². The predicted octanol–water partition coefficient (Wildman–Crippen LogP) is 2.05. The molecule has 0 unspecified atom stereocenters. The molecule has 1 N–H and O–H groups in total. The fourth-order valence-electron chi connectivity index (χ4n) is 2.59. The largest absolute Gasteiger partial charge is 0.543 e. The fraction of sp³-hybridized carbons (Fsp3) is 0.286. The van der Waals surface area contributed by atoms with Gasteiger partial charge in [0.05, 0.1) is 12.0 Å². The molecule has 2 atom stereocenters. The van der Waals surface area contributed by atoms with Crippen molar-refractivity contribution in [2.45, 2.75) is 24.7 Å². The lowest BCUT2D eigenvalue weighted by Crippen LogP contribution is -2.35. The van der Waals surface area contributed by atoms with Crippen molar-refractivity contribution >= 4 is 11.8 Å². The number of nitrogens with one attached hydrogen (secondary N) is 1. The first-order valence-corrected chi connectivity index (χ1v) is 6.65. The topological polar surface area (TPSA) is 70.0 Å². The molecular formula is C14H10F4N3O2-. The van der Waals surface area contributed by atoms with Gasteiger partial charge >= 0.3 is 6.18 Å². The van der Waals surface area contributed by atoms with E-state index in [1.165, 1.54) is 12.1 Å². The van der Waals surface area contributed by atoms with Gasteiger partial charge in [-0.3, -0.25) is 0 Å². The molecule has 9 heteroatoms. The van der Waals surface area contributed by atoms with E-state index in [0.29, 0.717) is 10.2 Å². The number of nitrogens with zero attached hydrogens (tertiary/aromatic N) is 2. The van der Waals surface area contributed by atoms with Crippen LogP contribution >= 0.6 is 0 Å². The SMILES string of the molecule is O=C([O-])c1cc2n(n1)[C@@H](C(F)(F)F)C[C@@H](c1ccc(F)cc1)N2. The van der Waals surface area contributed by atoms with Crippen LogP contribution in [0.2, 0.25) is 0 Å². The van der Waals surface area contributed by atoms with E-state index in [1.54, 1.807) is 0 Å². The maximum Gasteiger partial charge on any atom is 0.410 e. The molecule has 1 aliphatic heterocycles. The van der Waals surface area contributed by atoms with Crippen LogP contribution in [0.4, 0.5) is 23.4 Å². The Hall–Kier alpha value is -2.58. The Bertz CT molecular complexity index is 739. The second-order valence-electron chi connectivity index (χ2n) is 5.19. The van der Waals surface area contributed by atoms with E-state index in [4.69, 9.17) is 0 Å². The number of hydrogen-bond acceptors (Lipinski definition) is 4. The Labute approximate surface area is 127 Å². The zero-order valence-corrected chi connectivity index (χ0v) is 11.5. The van der Waals surface area contributed by atoms with Crippen LogP contribution in [0.1, 0.15) is 34.6 Å². The summed E-state index contributed by atoms with van der Waals surface area (Å²) >= 11 is 0. The molecule has 122 valence electrons. The molecule has 0 spiro atoms. The summed E-state index contributed by atoms with van der Waals surface area (Å²) < 4.78 is 53.4. The van der Waals surface area contributed by atoms with Gasteiger partial charge in [0.15, 0.2) is 6.04 Å². The van der Waals surface area contributed by atoms with E-state index in [2.05, 4.69) is 10.4 Å². The van der Waals surface area contributed by atoms with Gasteiger partial charge in [0.1, 0.15) is 17.3 Å². The lowest BCUT2D eigenvalue weighted by molar-refractivity contribution is -0.255. The number of anilines is 1. The van der Waals surface area contributed by atoms with Gasteiger partial charge in [-0.15, -0.1) is 0 Å². The molecule has 0 saturated heterocycles. The number of fused-ring (bicyclic) bond motifs is 1. The van der Waals surface area contributed by atoms with E-state index in [-0.39, 0.29) is 5.82 Å². The molecule has 1 aliphatic rings. The standard InChI is InChI=1S/C14H11F4N3O2/c15-8-3-1-7(2-4-8)9-5-11(14(16,17)18)21-12(19-9)6-10(20-21)13(22)23/h1-4,6,9,11,19H,5H2,(H,22,23)/p-1/t9-,11+/m0/s1. The number of carbonyl (C=O) groups is 1. The van der Waals surface area contributed by atoms with Gasteiger partial charge in [-0.05, 0) is 17.7 Å². The Balaban J connectivity index is 2.01. The van der Waals surface area contributed by atoms with Crippen molar-refractivity contribution in [1.29, 1.82) is 0 Å². The molecule has 0 saturated carbocycles. The maximum absolute atomic E-state index is 13.3. The minimum atomic E-state index is -4.61. The summed E-state index contributed by atoms with van der Waals surface area (Å²) in [5.41, 5.74) is -0.121. The molecule has 3 rings (SSSR count). The monoisotopic (exact) mass is 328 g/mol. The summed E-state index contributed by atoms with van der Waals surface area (Å²) in [4.78, 5) is 10.8. The van der Waals surface area contributed by atoms with Crippen molar-refractivity contribution < 1.29 is 27.5 Å². The van der Waals surface area contributed by atoms with Gasteiger partial charge in [-0.25, -0.2) is 9.07 Å². The van der Waals surface area contributed by atoms with E-state index in [9.17, 15) is 27.5 Å². The van der Waals surface area contributed by atoms with Crippen molar-refractivity contribution in [2.75, 3.05) is 5.32 Å². The summed E-state index contributed by atoms with van der Waals surface area (Å²) in [6, 6.07) is 3.32.